The topological polar surface area (TPSA) is 46.2 Å². The molecule has 10 heavy (non-hydrogen) atoms. The van der Waals surface area contributed by atoms with Crippen molar-refractivity contribution in [2.24, 2.45) is 11.1 Å². The van der Waals surface area contributed by atoms with Gasteiger partial charge in [-0.2, -0.15) is 0 Å². The minimum atomic E-state index is -0.0787. The van der Waals surface area contributed by atoms with Gasteiger partial charge in [0, 0.05) is 11.5 Å². The van der Waals surface area contributed by atoms with E-state index in [0.29, 0.717) is 6.04 Å². The molecule has 2 heteroatoms. The normalized spacial score (nSPS) is 43.8. The minimum Gasteiger partial charge on any atom is -0.392 e. The molecule has 0 radical (unpaired) electrons. The second-order valence-corrected chi connectivity index (χ2v) is 3.80. The van der Waals surface area contributed by atoms with Gasteiger partial charge in [-0.05, 0) is 19.3 Å². The highest BCUT2D eigenvalue weighted by atomic mass is 16.3. The third-order valence-electron chi connectivity index (χ3n) is 3.41. The Balaban J connectivity index is 2.12. The molecule has 0 heterocycles. The van der Waals surface area contributed by atoms with Crippen molar-refractivity contribution in [3.8, 4) is 0 Å². The van der Waals surface area contributed by atoms with E-state index in [1.165, 1.54) is 12.8 Å². The maximum atomic E-state index is 9.49. The molecule has 1 spiro atoms. The van der Waals surface area contributed by atoms with Crippen LogP contribution in [0.2, 0.25) is 0 Å². The molecule has 0 aromatic rings. The highest BCUT2D eigenvalue weighted by Gasteiger charge is 2.53. The highest BCUT2D eigenvalue weighted by molar-refractivity contribution is 5.07. The van der Waals surface area contributed by atoms with Crippen molar-refractivity contribution in [1.82, 2.24) is 0 Å². The Kier molecular flexibility index (Phi) is 1.29. The number of nitrogens with two attached hydrogens (primary N) is 1. The standard InChI is InChI=1S/C8H15NO/c9-6-5-7(10)8(6)3-1-2-4-8/h6-7,10H,1-5,9H2. The van der Waals surface area contributed by atoms with Crippen LogP contribution in [0, 0.1) is 5.41 Å². The van der Waals surface area contributed by atoms with E-state index in [9.17, 15) is 5.11 Å². The van der Waals surface area contributed by atoms with Crippen molar-refractivity contribution < 1.29 is 5.11 Å². The maximum Gasteiger partial charge on any atom is 0.0626 e. The lowest BCUT2D eigenvalue weighted by molar-refractivity contribution is -0.0794. The second-order valence-electron chi connectivity index (χ2n) is 3.80. The molecule has 0 aromatic heterocycles. The Morgan fingerprint density at radius 1 is 1.30 bits per heavy atom. The zero-order chi connectivity index (χ0) is 7.19. The molecule has 2 aliphatic carbocycles. The van der Waals surface area contributed by atoms with E-state index in [2.05, 4.69) is 0 Å². The largest absolute Gasteiger partial charge is 0.392 e. The molecule has 0 amide bonds. The maximum absolute atomic E-state index is 9.49. The van der Waals surface area contributed by atoms with E-state index < -0.39 is 0 Å². The van der Waals surface area contributed by atoms with Gasteiger partial charge in [-0.1, -0.05) is 12.8 Å². The van der Waals surface area contributed by atoms with Gasteiger partial charge < -0.3 is 10.8 Å². The van der Waals surface area contributed by atoms with E-state index in [4.69, 9.17) is 5.73 Å². The molecular weight excluding hydrogens is 126 g/mol. The molecule has 2 rings (SSSR count). The Bertz CT molecular complexity index is 130. The zero-order valence-corrected chi connectivity index (χ0v) is 6.21. The fourth-order valence-corrected chi connectivity index (χ4v) is 2.53. The van der Waals surface area contributed by atoms with Crippen LogP contribution in [-0.4, -0.2) is 17.3 Å². The first-order valence-electron chi connectivity index (χ1n) is 4.19. The summed E-state index contributed by atoms with van der Waals surface area (Å²) >= 11 is 0. The fourth-order valence-electron chi connectivity index (χ4n) is 2.53. The molecule has 0 aliphatic heterocycles. The smallest absolute Gasteiger partial charge is 0.0626 e. The van der Waals surface area contributed by atoms with Gasteiger partial charge in [-0.3, -0.25) is 0 Å². The summed E-state index contributed by atoms with van der Waals surface area (Å²) in [7, 11) is 0. The van der Waals surface area contributed by atoms with Gasteiger partial charge in [0.1, 0.15) is 0 Å². The molecule has 2 nitrogen and oxygen atoms in total. The summed E-state index contributed by atoms with van der Waals surface area (Å²) in [4.78, 5) is 0. The van der Waals surface area contributed by atoms with Crippen LogP contribution in [0.1, 0.15) is 32.1 Å². The molecule has 3 N–H and O–H groups in total. The third-order valence-corrected chi connectivity index (χ3v) is 3.41. The Labute approximate surface area is 61.4 Å². The summed E-state index contributed by atoms with van der Waals surface area (Å²) in [5.74, 6) is 0. The van der Waals surface area contributed by atoms with Crippen LogP contribution >= 0.6 is 0 Å². The van der Waals surface area contributed by atoms with E-state index in [-0.39, 0.29) is 11.5 Å². The summed E-state index contributed by atoms with van der Waals surface area (Å²) in [6.07, 6.45) is 5.62. The monoisotopic (exact) mass is 141 g/mol. The van der Waals surface area contributed by atoms with Gasteiger partial charge in [-0.25, -0.2) is 0 Å². The van der Waals surface area contributed by atoms with Crippen LogP contribution in [-0.2, 0) is 0 Å². The van der Waals surface area contributed by atoms with E-state index in [0.717, 1.165) is 19.3 Å². The predicted molar refractivity (Wildman–Crippen MR) is 39.5 cm³/mol. The molecular formula is C8H15NO. The van der Waals surface area contributed by atoms with Crippen molar-refractivity contribution in [2.45, 2.75) is 44.2 Å². The molecule has 2 aliphatic rings. The fraction of sp³-hybridized carbons (Fsp3) is 1.00. The summed E-state index contributed by atoms with van der Waals surface area (Å²) in [6, 6.07) is 0.296. The number of aliphatic hydroxyl groups excluding tert-OH is 1. The lowest BCUT2D eigenvalue weighted by atomic mass is 9.61. The van der Waals surface area contributed by atoms with Crippen LogP contribution in [0.5, 0.6) is 0 Å². The van der Waals surface area contributed by atoms with Crippen LogP contribution in [0.25, 0.3) is 0 Å². The van der Waals surface area contributed by atoms with Crippen LogP contribution < -0.4 is 5.73 Å². The molecule has 0 bridgehead atoms. The summed E-state index contributed by atoms with van der Waals surface area (Å²) in [6.45, 7) is 0. The predicted octanol–water partition coefficient (Wildman–Crippen LogP) is 0.639. The van der Waals surface area contributed by atoms with Gasteiger partial charge in [0.15, 0.2) is 0 Å². The quantitative estimate of drug-likeness (QED) is 0.520. The van der Waals surface area contributed by atoms with E-state index in [1.807, 2.05) is 0 Å². The molecule has 58 valence electrons. The Morgan fingerprint density at radius 3 is 2.20 bits per heavy atom. The molecule has 2 unspecified atom stereocenters. The van der Waals surface area contributed by atoms with Gasteiger partial charge in [0.05, 0.1) is 6.10 Å². The first kappa shape index (κ1) is 6.62. The van der Waals surface area contributed by atoms with Crippen LogP contribution in [0.3, 0.4) is 0 Å². The van der Waals surface area contributed by atoms with Crippen molar-refractivity contribution >= 4 is 0 Å². The van der Waals surface area contributed by atoms with E-state index >= 15 is 0 Å². The Hall–Kier alpha value is -0.0800. The molecule has 2 fully saturated rings. The first-order chi connectivity index (χ1) is 4.76. The van der Waals surface area contributed by atoms with E-state index in [1.54, 1.807) is 0 Å². The number of rotatable bonds is 0. The lowest BCUT2D eigenvalue weighted by Crippen LogP contribution is -2.59. The molecule has 0 saturated heterocycles. The average Bonchev–Trinajstić information content (AvgIpc) is 2.37. The summed E-state index contributed by atoms with van der Waals surface area (Å²) < 4.78 is 0. The lowest BCUT2D eigenvalue weighted by Gasteiger charge is -2.50. The SMILES string of the molecule is NC1CC(O)C12CCCC2. The average molecular weight is 141 g/mol. The van der Waals surface area contributed by atoms with Crippen LogP contribution in [0.4, 0.5) is 0 Å². The van der Waals surface area contributed by atoms with Gasteiger partial charge >= 0.3 is 0 Å². The highest BCUT2D eigenvalue weighted by Crippen LogP contribution is 2.52. The zero-order valence-electron chi connectivity index (χ0n) is 6.21. The van der Waals surface area contributed by atoms with Gasteiger partial charge in [0.25, 0.3) is 0 Å². The van der Waals surface area contributed by atoms with Gasteiger partial charge in [-0.15, -0.1) is 0 Å². The van der Waals surface area contributed by atoms with Crippen molar-refractivity contribution in [3.05, 3.63) is 0 Å². The number of aliphatic hydroxyl groups is 1. The number of hydrogen-bond acceptors (Lipinski definition) is 2. The first-order valence-corrected chi connectivity index (χ1v) is 4.19. The van der Waals surface area contributed by atoms with Crippen LogP contribution in [0.15, 0.2) is 0 Å². The minimum absolute atomic E-state index is 0.0787. The van der Waals surface area contributed by atoms with Crippen molar-refractivity contribution in [2.75, 3.05) is 0 Å². The summed E-state index contributed by atoms with van der Waals surface area (Å²) in [5.41, 5.74) is 6.02. The second kappa shape index (κ2) is 1.95. The van der Waals surface area contributed by atoms with Crippen molar-refractivity contribution in [3.63, 3.8) is 0 Å². The third kappa shape index (κ3) is 0.611. The Morgan fingerprint density at radius 2 is 1.90 bits per heavy atom. The van der Waals surface area contributed by atoms with Gasteiger partial charge in [0.2, 0.25) is 0 Å². The number of hydrogen-bond donors (Lipinski definition) is 2. The molecule has 2 saturated carbocycles. The van der Waals surface area contributed by atoms with Crippen molar-refractivity contribution in [1.29, 1.82) is 0 Å². The molecule has 2 atom stereocenters. The molecule has 0 aromatic carbocycles. The summed E-state index contributed by atoms with van der Waals surface area (Å²) in [5, 5.41) is 9.49.